The maximum absolute atomic E-state index is 5.57. The molecule has 0 unspecified atom stereocenters. The highest BCUT2D eigenvalue weighted by Gasteiger charge is 2.05. The molecular formula is C15H19NO2S. The van der Waals surface area contributed by atoms with Gasteiger partial charge in [-0.25, -0.2) is 0 Å². The fourth-order valence-electron chi connectivity index (χ4n) is 1.84. The second-order valence-corrected chi connectivity index (χ2v) is 5.13. The average Bonchev–Trinajstić information content (AvgIpc) is 2.93. The molecule has 4 heteroatoms. The lowest BCUT2D eigenvalue weighted by atomic mass is 10.2. The lowest BCUT2D eigenvalue weighted by molar-refractivity contribution is 0.310. The normalized spacial score (nSPS) is 10.4. The first-order chi connectivity index (χ1) is 9.33. The fraction of sp³-hybridized carbons (Fsp3) is 0.333. The van der Waals surface area contributed by atoms with Crippen molar-refractivity contribution in [3.05, 3.63) is 46.2 Å². The predicted molar refractivity (Wildman–Crippen MR) is 79.0 cm³/mol. The maximum Gasteiger partial charge on any atom is 0.161 e. The number of methoxy groups -OCH3 is 1. The minimum Gasteiger partial charge on any atom is -0.493 e. The Balaban J connectivity index is 1.94. The monoisotopic (exact) mass is 277 g/mol. The van der Waals surface area contributed by atoms with Gasteiger partial charge in [-0.1, -0.05) is 12.1 Å². The topological polar surface area (TPSA) is 30.5 Å². The van der Waals surface area contributed by atoms with Crippen molar-refractivity contribution >= 4 is 11.3 Å². The summed E-state index contributed by atoms with van der Waals surface area (Å²) in [4.78, 5) is 1.35. The first kappa shape index (κ1) is 13.9. The summed E-state index contributed by atoms with van der Waals surface area (Å²) in [5.41, 5.74) is 1.20. The Bertz CT molecular complexity index is 497. The van der Waals surface area contributed by atoms with Crippen LogP contribution < -0.4 is 14.8 Å². The molecule has 3 nitrogen and oxygen atoms in total. The standard InChI is InChI=1S/C15H19NO2S/c1-3-18-15-9-12(6-7-14(15)17-2)10-16-11-13-5-4-8-19-13/h4-9,16H,3,10-11H2,1-2H3. The second-order valence-electron chi connectivity index (χ2n) is 4.10. The summed E-state index contributed by atoms with van der Waals surface area (Å²) in [7, 11) is 1.66. The zero-order valence-electron chi connectivity index (χ0n) is 11.3. The van der Waals surface area contributed by atoms with E-state index in [0.717, 1.165) is 24.6 Å². The molecule has 1 aromatic carbocycles. The molecular weight excluding hydrogens is 258 g/mol. The summed E-state index contributed by atoms with van der Waals surface area (Å²) < 4.78 is 10.8. The molecule has 0 spiro atoms. The maximum atomic E-state index is 5.57. The summed E-state index contributed by atoms with van der Waals surface area (Å²) in [5, 5.41) is 5.52. The molecule has 0 amide bonds. The Morgan fingerprint density at radius 2 is 2.05 bits per heavy atom. The van der Waals surface area contributed by atoms with E-state index >= 15 is 0 Å². The lowest BCUT2D eigenvalue weighted by Crippen LogP contribution is -2.11. The molecule has 0 radical (unpaired) electrons. The van der Waals surface area contributed by atoms with E-state index in [2.05, 4.69) is 28.9 Å². The van der Waals surface area contributed by atoms with Crippen LogP contribution in [0.25, 0.3) is 0 Å². The Labute approximate surface area is 118 Å². The Morgan fingerprint density at radius 1 is 1.16 bits per heavy atom. The van der Waals surface area contributed by atoms with E-state index < -0.39 is 0 Å². The number of ether oxygens (including phenoxy) is 2. The Hall–Kier alpha value is -1.52. The van der Waals surface area contributed by atoms with Crippen LogP contribution in [0.2, 0.25) is 0 Å². The zero-order valence-corrected chi connectivity index (χ0v) is 12.1. The van der Waals surface area contributed by atoms with E-state index in [1.54, 1.807) is 18.4 Å². The highest BCUT2D eigenvalue weighted by Crippen LogP contribution is 2.28. The van der Waals surface area contributed by atoms with Gasteiger partial charge in [0.05, 0.1) is 13.7 Å². The van der Waals surface area contributed by atoms with Gasteiger partial charge in [0.25, 0.3) is 0 Å². The molecule has 1 N–H and O–H groups in total. The zero-order chi connectivity index (χ0) is 13.5. The molecule has 0 saturated heterocycles. The van der Waals surface area contributed by atoms with E-state index in [9.17, 15) is 0 Å². The third-order valence-electron chi connectivity index (χ3n) is 2.74. The second kappa shape index (κ2) is 7.16. The van der Waals surface area contributed by atoms with E-state index in [1.807, 2.05) is 19.1 Å². The molecule has 0 aliphatic rings. The van der Waals surface area contributed by atoms with Crippen LogP contribution in [0.1, 0.15) is 17.4 Å². The fourth-order valence-corrected chi connectivity index (χ4v) is 2.52. The molecule has 0 bridgehead atoms. The molecule has 0 aliphatic carbocycles. The third kappa shape index (κ3) is 3.98. The van der Waals surface area contributed by atoms with Crippen LogP contribution in [0.4, 0.5) is 0 Å². The number of thiophene rings is 1. The molecule has 1 heterocycles. The van der Waals surface area contributed by atoms with Crippen molar-refractivity contribution in [3.8, 4) is 11.5 Å². The largest absolute Gasteiger partial charge is 0.493 e. The highest BCUT2D eigenvalue weighted by atomic mass is 32.1. The van der Waals surface area contributed by atoms with Gasteiger partial charge in [0.2, 0.25) is 0 Å². The van der Waals surface area contributed by atoms with Crippen LogP contribution in [-0.4, -0.2) is 13.7 Å². The molecule has 0 atom stereocenters. The smallest absolute Gasteiger partial charge is 0.161 e. The van der Waals surface area contributed by atoms with Gasteiger partial charge >= 0.3 is 0 Å². The molecule has 19 heavy (non-hydrogen) atoms. The number of nitrogens with one attached hydrogen (secondary N) is 1. The molecule has 0 fully saturated rings. The van der Waals surface area contributed by atoms with Gasteiger partial charge in [-0.2, -0.15) is 0 Å². The van der Waals surface area contributed by atoms with Crippen LogP contribution >= 0.6 is 11.3 Å². The Kier molecular flexibility index (Phi) is 5.24. The Morgan fingerprint density at radius 3 is 2.74 bits per heavy atom. The van der Waals surface area contributed by atoms with Crippen LogP contribution in [0.15, 0.2) is 35.7 Å². The van der Waals surface area contributed by atoms with Crippen molar-refractivity contribution in [3.63, 3.8) is 0 Å². The third-order valence-corrected chi connectivity index (χ3v) is 3.61. The number of hydrogen-bond acceptors (Lipinski definition) is 4. The molecule has 2 aromatic rings. The number of benzene rings is 1. The van der Waals surface area contributed by atoms with E-state index in [0.29, 0.717) is 6.61 Å². The van der Waals surface area contributed by atoms with Gasteiger partial charge in [-0.05, 0) is 36.1 Å². The number of rotatable bonds is 7. The van der Waals surface area contributed by atoms with Gasteiger partial charge in [0.1, 0.15) is 0 Å². The van der Waals surface area contributed by atoms with E-state index in [1.165, 1.54) is 10.4 Å². The SMILES string of the molecule is CCOc1cc(CNCc2cccs2)ccc1OC. The minimum atomic E-state index is 0.641. The van der Waals surface area contributed by atoms with Crippen molar-refractivity contribution in [1.29, 1.82) is 0 Å². The van der Waals surface area contributed by atoms with Crippen molar-refractivity contribution in [1.82, 2.24) is 5.32 Å². The summed E-state index contributed by atoms with van der Waals surface area (Å²) in [5.74, 6) is 1.59. The lowest BCUT2D eigenvalue weighted by Gasteiger charge is -2.11. The van der Waals surface area contributed by atoms with Gasteiger partial charge in [0.15, 0.2) is 11.5 Å². The summed E-state index contributed by atoms with van der Waals surface area (Å²) in [6, 6.07) is 10.2. The molecule has 0 aliphatic heterocycles. The van der Waals surface area contributed by atoms with Crippen LogP contribution in [0.5, 0.6) is 11.5 Å². The summed E-state index contributed by atoms with van der Waals surface area (Å²) >= 11 is 1.77. The molecule has 0 saturated carbocycles. The van der Waals surface area contributed by atoms with Crippen molar-refractivity contribution in [2.75, 3.05) is 13.7 Å². The molecule has 1 aromatic heterocycles. The minimum absolute atomic E-state index is 0.641. The van der Waals surface area contributed by atoms with E-state index in [-0.39, 0.29) is 0 Å². The van der Waals surface area contributed by atoms with Gasteiger partial charge < -0.3 is 14.8 Å². The highest BCUT2D eigenvalue weighted by molar-refractivity contribution is 7.09. The van der Waals surface area contributed by atoms with Crippen molar-refractivity contribution < 1.29 is 9.47 Å². The van der Waals surface area contributed by atoms with Crippen molar-refractivity contribution in [2.45, 2.75) is 20.0 Å². The number of hydrogen-bond donors (Lipinski definition) is 1. The summed E-state index contributed by atoms with van der Waals surface area (Å²) in [6.07, 6.45) is 0. The quantitative estimate of drug-likeness (QED) is 0.841. The van der Waals surface area contributed by atoms with Crippen LogP contribution in [0.3, 0.4) is 0 Å². The average molecular weight is 277 g/mol. The van der Waals surface area contributed by atoms with Gasteiger partial charge in [0, 0.05) is 18.0 Å². The molecule has 2 rings (SSSR count). The van der Waals surface area contributed by atoms with Gasteiger partial charge in [-0.15, -0.1) is 11.3 Å². The predicted octanol–water partition coefficient (Wildman–Crippen LogP) is 3.45. The van der Waals surface area contributed by atoms with Gasteiger partial charge in [-0.3, -0.25) is 0 Å². The van der Waals surface area contributed by atoms with Crippen molar-refractivity contribution in [2.24, 2.45) is 0 Å². The molecule has 102 valence electrons. The first-order valence-corrected chi connectivity index (χ1v) is 7.24. The summed E-state index contributed by atoms with van der Waals surface area (Å²) in [6.45, 7) is 4.33. The van der Waals surface area contributed by atoms with Crippen LogP contribution in [-0.2, 0) is 13.1 Å². The first-order valence-electron chi connectivity index (χ1n) is 6.36. The van der Waals surface area contributed by atoms with E-state index in [4.69, 9.17) is 9.47 Å². The van der Waals surface area contributed by atoms with Crippen LogP contribution in [0, 0.1) is 0 Å².